The minimum Gasteiger partial charge on any atom is -0.412 e. The third-order valence-electron chi connectivity index (χ3n) is 2.71. The summed E-state index contributed by atoms with van der Waals surface area (Å²) in [5, 5.41) is 0. The van der Waals surface area contributed by atoms with Crippen LogP contribution in [0.25, 0.3) is 0 Å². The molecular weight excluding hydrogens is 264 g/mol. The minimum absolute atomic E-state index is 0.0656. The molecule has 0 spiro atoms. The fourth-order valence-corrected chi connectivity index (χ4v) is 3.04. The molecule has 0 aliphatic carbocycles. The van der Waals surface area contributed by atoms with Gasteiger partial charge in [0.25, 0.3) is 0 Å². The molecule has 0 bridgehead atoms. The van der Waals surface area contributed by atoms with Crippen molar-refractivity contribution in [2.45, 2.75) is 38.8 Å². The summed E-state index contributed by atoms with van der Waals surface area (Å²) in [7, 11) is -1.58. The second kappa shape index (κ2) is 8.20. The molecule has 20 heavy (non-hydrogen) atoms. The summed E-state index contributed by atoms with van der Waals surface area (Å²) in [4.78, 5) is 0. The molecule has 0 aliphatic heterocycles. The van der Waals surface area contributed by atoms with Crippen molar-refractivity contribution >= 4 is 8.32 Å². The molecule has 0 saturated carbocycles. The third kappa shape index (κ3) is 7.43. The van der Waals surface area contributed by atoms with Crippen LogP contribution in [-0.4, -0.2) is 21.0 Å². The number of allylic oxidation sites excluding steroid dienone is 1. The average Bonchev–Trinajstić information content (AvgIpc) is 2.38. The van der Waals surface area contributed by atoms with E-state index in [0.717, 1.165) is 12.0 Å². The van der Waals surface area contributed by atoms with Crippen molar-refractivity contribution in [2.75, 3.05) is 6.61 Å². The molecule has 0 aromatic heterocycles. The predicted octanol–water partition coefficient (Wildman–Crippen LogP) is 4.56. The Hall–Kier alpha value is -1.16. The highest BCUT2D eigenvalue weighted by molar-refractivity contribution is 6.69. The predicted molar refractivity (Wildman–Crippen MR) is 88.3 cm³/mol. The second-order valence-corrected chi connectivity index (χ2v) is 10.4. The van der Waals surface area contributed by atoms with Gasteiger partial charge in [0, 0.05) is 0 Å². The van der Waals surface area contributed by atoms with Crippen LogP contribution in [0, 0.1) is 0 Å². The van der Waals surface area contributed by atoms with Gasteiger partial charge in [-0.1, -0.05) is 55.1 Å². The van der Waals surface area contributed by atoms with Crippen molar-refractivity contribution in [3.63, 3.8) is 0 Å². The maximum atomic E-state index is 6.15. The van der Waals surface area contributed by atoms with Gasteiger partial charge in [-0.3, -0.25) is 0 Å². The molecule has 2 nitrogen and oxygen atoms in total. The Bertz CT molecular complexity index is 420. The van der Waals surface area contributed by atoms with Gasteiger partial charge in [0.1, 0.15) is 0 Å². The Morgan fingerprint density at radius 2 is 1.90 bits per heavy atom. The summed E-state index contributed by atoms with van der Waals surface area (Å²) in [5.74, 6) is 0. The highest BCUT2D eigenvalue weighted by atomic mass is 28.4. The Morgan fingerprint density at radius 3 is 2.45 bits per heavy atom. The molecule has 0 fully saturated rings. The fourth-order valence-electron chi connectivity index (χ4n) is 1.89. The zero-order valence-electron chi connectivity index (χ0n) is 12.9. The van der Waals surface area contributed by atoms with Crippen molar-refractivity contribution < 1.29 is 9.16 Å². The maximum absolute atomic E-state index is 6.15. The van der Waals surface area contributed by atoms with E-state index in [4.69, 9.17) is 9.16 Å². The summed E-state index contributed by atoms with van der Waals surface area (Å²) in [6, 6.07) is 10.2. The van der Waals surface area contributed by atoms with Crippen LogP contribution in [0.15, 0.2) is 55.1 Å². The number of benzene rings is 1. The van der Waals surface area contributed by atoms with Crippen LogP contribution in [0.3, 0.4) is 0 Å². The van der Waals surface area contributed by atoms with Crippen LogP contribution in [0.1, 0.15) is 12.0 Å². The molecule has 0 saturated heterocycles. The van der Waals surface area contributed by atoms with E-state index in [0.29, 0.717) is 13.2 Å². The van der Waals surface area contributed by atoms with Gasteiger partial charge in [-0.15, -0.1) is 0 Å². The van der Waals surface area contributed by atoms with Crippen molar-refractivity contribution in [1.29, 1.82) is 0 Å². The first-order chi connectivity index (χ1) is 9.40. The highest BCUT2D eigenvalue weighted by Gasteiger charge is 2.21. The van der Waals surface area contributed by atoms with Crippen molar-refractivity contribution in [3.8, 4) is 0 Å². The Kier molecular flexibility index (Phi) is 6.92. The Labute approximate surface area is 124 Å². The van der Waals surface area contributed by atoms with Crippen molar-refractivity contribution in [1.82, 2.24) is 0 Å². The molecule has 110 valence electrons. The monoisotopic (exact) mass is 290 g/mol. The van der Waals surface area contributed by atoms with E-state index < -0.39 is 8.32 Å². The van der Waals surface area contributed by atoms with Crippen LogP contribution in [0.4, 0.5) is 0 Å². The standard InChI is InChI=1S/C17H26O2Si/c1-6-15(2)12-17(19-20(3,4)5)14-18-13-16-10-8-7-9-11-16/h6-11,17H,1-2,12-14H2,3-5H3. The van der Waals surface area contributed by atoms with Gasteiger partial charge < -0.3 is 9.16 Å². The molecule has 1 unspecified atom stereocenters. The molecule has 3 heteroatoms. The number of ether oxygens (including phenoxy) is 1. The molecule has 1 atom stereocenters. The van der Waals surface area contributed by atoms with Crippen LogP contribution in [0.5, 0.6) is 0 Å². The second-order valence-electron chi connectivity index (χ2n) is 5.92. The topological polar surface area (TPSA) is 18.5 Å². The Morgan fingerprint density at radius 1 is 1.25 bits per heavy atom. The lowest BCUT2D eigenvalue weighted by atomic mass is 10.1. The Balaban J connectivity index is 2.47. The smallest absolute Gasteiger partial charge is 0.184 e. The van der Waals surface area contributed by atoms with E-state index in [-0.39, 0.29) is 6.10 Å². The largest absolute Gasteiger partial charge is 0.412 e. The van der Waals surface area contributed by atoms with Gasteiger partial charge in [0.05, 0.1) is 19.3 Å². The molecule has 0 N–H and O–H groups in total. The van der Waals surface area contributed by atoms with E-state index >= 15 is 0 Å². The molecule has 1 aromatic carbocycles. The van der Waals surface area contributed by atoms with Gasteiger partial charge in [0.15, 0.2) is 8.32 Å². The SMILES string of the molecule is C=CC(=C)CC(COCc1ccccc1)O[Si](C)(C)C. The van der Waals surface area contributed by atoms with Crippen LogP contribution < -0.4 is 0 Å². The van der Waals surface area contributed by atoms with Gasteiger partial charge in [0.2, 0.25) is 0 Å². The van der Waals surface area contributed by atoms with Crippen LogP contribution >= 0.6 is 0 Å². The van der Waals surface area contributed by atoms with Gasteiger partial charge in [-0.2, -0.15) is 0 Å². The third-order valence-corrected chi connectivity index (χ3v) is 3.75. The van der Waals surface area contributed by atoms with E-state index in [1.54, 1.807) is 6.08 Å². The zero-order chi connectivity index (χ0) is 15.0. The maximum Gasteiger partial charge on any atom is 0.184 e. The van der Waals surface area contributed by atoms with Gasteiger partial charge in [-0.25, -0.2) is 0 Å². The number of rotatable bonds is 9. The quantitative estimate of drug-likeness (QED) is 0.490. The molecular formula is C17H26O2Si. The zero-order valence-corrected chi connectivity index (χ0v) is 13.9. The molecule has 0 radical (unpaired) electrons. The summed E-state index contributed by atoms with van der Waals surface area (Å²) in [5.41, 5.74) is 2.18. The van der Waals surface area contributed by atoms with Crippen LogP contribution in [0.2, 0.25) is 19.6 Å². The molecule has 1 rings (SSSR count). The lowest BCUT2D eigenvalue weighted by Gasteiger charge is -2.26. The fraction of sp³-hybridized carbons (Fsp3) is 0.412. The van der Waals surface area contributed by atoms with E-state index in [1.807, 2.05) is 18.2 Å². The summed E-state index contributed by atoms with van der Waals surface area (Å²) in [6.45, 7) is 15.5. The summed E-state index contributed by atoms with van der Waals surface area (Å²) < 4.78 is 11.9. The molecule has 0 aliphatic rings. The van der Waals surface area contributed by atoms with E-state index in [1.165, 1.54) is 5.56 Å². The number of hydrogen-bond donors (Lipinski definition) is 0. The van der Waals surface area contributed by atoms with Crippen LogP contribution in [-0.2, 0) is 15.8 Å². The molecule has 1 aromatic rings. The normalized spacial score (nSPS) is 12.9. The molecule has 0 heterocycles. The molecule has 0 amide bonds. The van der Waals surface area contributed by atoms with Gasteiger partial charge >= 0.3 is 0 Å². The number of hydrogen-bond acceptors (Lipinski definition) is 2. The van der Waals surface area contributed by atoms with Gasteiger partial charge in [-0.05, 0) is 31.6 Å². The first-order valence-electron chi connectivity index (χ1n) is 7.00. The summed E-state index contributed by atoms with van der Waals surface area (Å²) >= 11 is 0. The highest BCUT2D eigenvalue weighted by Crippen LogP contribution is 2.15. The first kappa shape index (κ1) is 16.9. The lowest BCUT2D eigenvalue weighted by Crippen LogP contribution is -2.34. The summed E-state index contributed by atoms with van der Waals surface area (Å²) in [6.07, 6.45) is 2.64. The van der Waals surface area contributed by atoms with E-state index in [2.05, 4.69) is 44.9 Å². The van der Waals surface area contributed by atoms with E-state index in [9.17, 15) is 0 Å². The first-order valence-corrected chi connectivity index (χ1v) is 10.4. The lowest BCUT2D eigenvalue weighted by molar-refractivity contribution is 0.0381. The van der Waals surface area contributed by atoms with Crippen molar-refractivity contribution in [2.24, 2.45) is 0 Å². The minimum atomic E-state index is -1.58. The average molecular weight is 290 g/mol. The van der Waals surface area contributed by atoms with Crippen molar-refractivity contribution in [3.05, 3.63) is 60.7 Å².